The van der Waals surface area contributed by atoms with Gasteiger partial charge in [-0.2, -0.15) is 0 Å². The zero-order valence-electron chi connectivity index (χ0n) is 13.1. The van der Waals surface area contributed by atoms with Crippen molar-refractivity contribution in [1.82, 2.24) is 5.48 Å². The zero-order chi connectivity index (χ0) is 16.4. The fourth-order valence-corrected chi connectivity index (χ4v) is 3.37. The molecule has 7 heteroatoms. The topological polar surface area (TPSA) is 103 Å². The van der Waals surface area contributed by atoms with E-state index in [9.17, 15) is 9.59 Å². The van der Waals surface area contributed by atoms with Crippen molar-refractivity contribution < 1.29 is 19.3 Å². The van der Waals surface area contributed by atoms with Crippen LogP contribution in [0, 0.1) is 11.8 Å². The van der Waals surface area contributed by atoms with Gasteiger partial charge < -0.3 is 15.4 Å². The van der Waals surface area contributed by atoms with Gasteiger partial charge in [0.25, 0.3) is 5.91 Å². The van der Waals surface area contributed by atoms with Crippen LogP contribution in [0.5, 0.6) is 0 Å². The maximum Gasteiger partial charge on any atom is 0.267 e. The number of hydrogen-bond donors (Lipinski definition) is 2. The largest absolute Gasteiger partial charge is 0.391 e. The van der Waals surface area contributed by atoms with Crippen LogP contribution < -0.4 is 11.2 Å². The lowest BCUT2D eigenvalue weighted by Crippen LogP contribution is -2.34. The molecule has 3 rings (SSSR count). The molecule has 124 valence electrons. The van der Waals surface area contributed by atoms with Crippen molar-refractivity contribution in [3.8, 4) is 0 Å². The SMILES string of the molecule is CC1ON=C(C(N)=O)C1C1=CC=C(C2CCCONC2)C(=O)C1. The van der Waals surface area contributed by atoms with E-state index in [-0.39, 0.29) is 35.9 Å². The fourth-order valence-electron chi connectivity index (χ4n) is 3.37. The maximum absolute atomic E-state index is 12.6. The smallest absolute Gasteiger partial charge is 0.267 e. The Morgan fingerprint density at radius 2 is 2.26 bits per heavy atom. The number of nitrogens with one attached hydrogen (secondary N) is 1. The van der Waals surface area contributed by atoms with Crippen LogP contribution in [-0.2, 0) is 19.3 Å². The van der Waals surface area contributed by atoms with Gasteiger partial charge in [0.1, 0.15) is 6.10 Å². The second kappa shape index (κ2) is 6.64. The molecule has 2 heterocycles. The highest BCUT2D eigenvalue weighted by Gasteiger charge is 2.39. The minimum absolute atomic E-state index is 0.0825. The molecular weight excluding hydrogens is 298 g/mol. The fraction of sp³-hybridized carbons (Fsp3) is 0.562. The van der Waals surface area contributed by atoms with Crippen LogP contribution in [0.15, 0.2) is 28.5 Å². The lowest BCUT2D eigenvalue weighted by atomic mass is 9.79. The van der Waals surface area contributed by atoms with Crippen LogP contribution >= 0.6 is 0 Å². The zero-order valence-corrected chi connectivity index (χ0v) is 13.1. The molecule has 1 aliphatic carbocycles. The molecule has 1 amide bonds. The van der Waals surface area contributed by atoms with Gasteiger partial charge in [0.05, 0.1) is 12.5 Å². The van der Waals surface area contributed by atoms with Crippen LogP contribution in [0.25, 0.3) is 0 Å². The molecule has 23 heavy (non-hydrogen) atoms. The van der Waals surface area contributed by atoms with Gasteiger partial charge in [-0.3, -0.25) is 9.59 Å². The van der Waals surface area contributed by atoms with Gasteiger partial charge in [-0.15, -0.1) is 0 Å². The van der Waals surface area contributed by atoms with Crippen LogP contribution in [0.2, 0.25) is 0 Å². The highest BCUT2D eigenvalue weighted by atomic mass is 16.6. The van der Waals surface area contributed by atoms with Crippen LogP contribution in [-0.4, -0.2) is 36.7 Å². The third kappa shape index (κ3) is 3.20. The standard InChI is InChI=1S/C16H21N3O4/c1-9-14(15(16(17)21)19-23-9)10-4-5-12(13(20)7-10)11-3-2-6-22-18-8-11/h4-5,9,11,14,18H,2-3,6-8H2,1H3,(H2,17,21). The second-order valence-electron chi connectivity index (χ2n) is 6.13. The molecule has 0 aromatic rings. The summed E-state index contributed by atoms with van der Waals surface area (Å²) >= 11 is 0. The summed E-state index contributed by atoms with van der Waals surface area (Å²) in [5.41, 5.74) is 10.1. The van der Waals surface area contributed by atoms with E-state index in [0.717, 1.165) is 24.0 Å². The molecule has 3 atom stereocenters. The molecule has 0 radical (unpaired) electrons. The number of oxime groups is 1. The van der Waals surface area contributed by atoms with E-state index in [4.69, 9.17) is 15.4 Å². The van der Waals surface area contributed by atoms with Gasteiger partial charge in [0, 0.05) is 18.9 Å². The van der Waals surface area contributed by atoms with Crippen molar-refractivity contribution in [3.05, 3.63) is 23.3 Å². The Morgan fingerprint density at radius 1 is 1.43 bits per heavy atom. The number of Topliss-reactive ketones (excluding diaryl/α,β-unsaturated/α-hetero) is 1. The van der Waals surface area contributed by atoms with Crippen molar-refractivity contribution in [2.75, 3.05) is 13.2 Å². The van der Waals surface area contributed by atoms with Crippen molar-refractivity contribution in [2.45, 2.75) is 32.3 Å². The second-order valence-corrected chi connectivity index (χ2v) is 6.13. The number of hydroxylamine groups is 1. The Kier molecular flexibility index (Phi) is 4.58. The average Bonchev–Trinajstić information content (AvgIpc) is 2.72. The summed E-state index contributed by atoms with van der Waals surface area (Å²) in [6, 6.07) is 0. The molecular formula is C16H21N3O4. The molecule has 0 aromatic heterocycles. The molecule has 0 spiro atoms. The van der Waals surface area contributed by atoms with Gasteiger partial charge in [-0.05, 0) is 30.9 Å². The van der Waals surface area contributed by atoms with E-state index >= 15 is 0 Å². The molecule has 1 fully saturated rings. The van der Waals surface area contributed by atoms with Crippen LogP contribution in [0.1, 0.15) is 26.2 Å². The molecule has 3 unspecified atom stereocenters. The van der Waals surface area contributed by atoms with Crippen molar-refractivity contribution in [2.24, 2.45) is 22.7 Å². The number of carbonyl (C=O) groups is 2. The first-order valence-corrected chi connectivity index (χ1v) is 7.90. The Balaban J connectivity index is 1.82. The van der Waals surface area contributed by atoms with Gasteiger partial charge in [-0.25, -0.2) is 5.48 Å². The monoisotopic (exact) mass is 319 g/mol. The van der Waals surface area contributed by atoms with Gasteiger partial charge >= 0.3 is 0 Å². The van der Waals surface area contributed by atoms with E-state index in [1.807, 2.05) is 19.1 Å². The lowest BCUT2D eigenvalue weighted by molar-refractivity contribution is -0.116. The maximum atomic E-state index is 12.6. The number of amides is 1. The molecule has 0 aromatic carbocycles. The minimum Gasteiger partial charge on any atom is -0.391 e. The number of nitrogens with two attached hydrogens (primary N) is 1. The summed E-state index contributed by atoms with van der Waals surface area (Å²) in [7, 11) is 0. The molecule has 2 aliphatic heterocycles. The number of nitrogens with zero attached hydrogens (tertiary/aromatic N) is 1. The molecule has 1 saturated heterocycles. The summed E-state index contributed by atoms with van der Waals surface area (Å²) in [5, 5.41) is 3.76. The summed E-state index contributed by atoms with van der Waals surface area (Å²) in [6.45, 7) is 3.12. The quantitative estimate of drug-likeness (QED) is 0.794. The van der Waals surface area contributed by atoms with E-state index in [2.05, 4.69) is 10.6 Å². The lowest BCUT2D eigenvalue weighted by Gasteiger charge is -2.24. The third-order valence-corrected chi connectivity index (χ3v) is 4.57. The van der Waals surface area contributed by atoms with Crippen molar-refractivity contribution in [3.63, 3.8) is 0 Å². The highest BCUT2D eigenvalue weighted by Crippen LogP contribution is 2.33. The molecule has 7 nitrogen and oxygen atoms in total. The predicted molar refractivity (Wildman–Crippen MR) is 83.1 cm³/mol. The first-order chi connectivity index (χ1) is 11.1. The number of rotatable bonds is 3. The Bertz CT molecular complexity index is 600. The number of hydrogen-bond acceptors (Lipinski definition) is 6. The van der Waals surface area contributed by atoms with Crippen LogP contribution in [0.4, 0.5) is 0 Å². The van der Waals surface area contributed by atoms with E-state index in [1.165, 1.54) is 0 Å². The van der Waals surface area contributed by atoms with E-state index in [0.29, 0.717) is 13.2 Å². The number of primary amides is 1. The Labute approximate surface area is 134 Å². The number of ketones is 1. The minimum atomic E-state index is -0.604. The summed E-state index contributed by atoms with van der Waals surface area (Å²) < 4.78 is 0. The van der Waals surface area contributed by atoms with Crippen molar-refractivity contribution in [1.29, 1.82) is 0 Å². The summed E-state index contributed by atoms with van der Waals surface area (Å²) in [5.74, 6) is -0.708. The van der Waals surface area contributed by atoms with E-state index < -0.39 is 5.91 Å². The Morgan fingerprint density at radius 3 is 3.00 bits per heavy atom. The predicted octanol–water partition coefficient (Wildman–Crippen LogP) is 0.619. The highest BCUT2D eigenvalue weighted by molar-refractivity contribution is 6.40. The van der Waals surface area contributed by atoms with Crippen molar-refractivity contribution >= 4 is 17.4 Å². The van der Waals surface area contributed by atoms with Gasteiger partial charge in [0.2, 0.25) is 0 Å². The number of carbonyl (C=O) groups excluding carboxylic acids is 2. The normalized spacial score (nSPS) is 31.6. The summed E-state index contributed by atoms with van der Waals surface area (Å²) in [4.78, 5) is 34.5. The first-order valence-electron chi connectivity index (χ1n) is 7.90. The molecule has 3 N–H and O–H groups in total. The number of allylic oxidation sites excluding steroid dienone is 2. The van der Waals surface area contributed by atoms with Crippen LogP contribution in [0.3, 0.4) is 0 Å². The molecule has 3 aliphatic rings. The molecule has 0 bridgehead atoms. The Hall–Kier alpha value is -1.99. The van der Waals surface area contributed by atoms with Gasteiger partial charge in [0.15, 0.2) is 11.5 Å². The van der Waals surface area contributed by atoms with Gasteiger partial charge in [-0.1, -0.05) is 17.3 Å². The molecule has 0 saturated carbocycles. The first kappa shape index (κ1) is 15.9. The summed E-state index contributed by atoms with van der Waals surface area (Å²) in [6.07, 6.45) is 5.60. The average molecular weight is 319 g/mol. The van der Waals surface area contributed by atoms with E-state index in [1.54, 1.807) is 0 Å². The third-order valence-electron chi connectivity index (χ3n) is 4.57.